The molecule has 1 amide bonds. The zero-order chi connectivity index (χ0) is 23.0. The maximum atomic E-state index is 13.9. The van der Waals surface area contributed by atoms with Crippen molar-refractivity contribution in [2.24, 2.45) is 5.92 Å². The van der Waals surface area contributed by atoms with Gasteiger partial charge in [0.2, 0.25) is 5.91 Å². The maximum absolute atomic E-state index is 13.9. The highest BCUT2D eigenvalue weighted by atomic mass is 19.2. The van der Waals surface area contributed by atoms with E-state index in [1.54, 1.807) is 24.3 Å². The summed E-state index contributed by atoms with van der Waals surface area (Å²) in [5.41, 5.74) is 1.57. The van der Waals surface area contributed by atoms with Crippen molar-refractivity contribution >= 4 is 22.8 Å². The van der Waals surface area contributed by atoms with Crippen LogP contribution in [0, 0.1) is 17.6 Å². The summed E-state index contributed by atoms with van der Waals surface area (Å²) < 4.78 is 27.7. The molecule has 168 valence electrons. The van der Waals surface area contributed by atoms with Gasteiger partial charge in [0.25, 0.3) is 0 Å². The molecule has 1 fully saturated rings. The Bertz CT molecular complexity index is 1170. The number of carbonyl (C=O) groups is 1. The number of aromatic nitrogens is 2. The zero-order valence-electron chi connectivity index (χ0n) is 18.3. The van der Waals surface area contributed by atoms with E-state index in [0.717, 1.165) is 18.6 Å². The molecule has 8 heteroatoms. The smallest absolute Gasteiger partial charge is 0.225 e. The molecular weight excluding hydrogens is 414 g/mol. The number of aromatic hydroxyl groups is 1. The number of rotatable bonds is 5. The third-order valence-electron chi connectivity index (χ3n) is 5.83. The highest BCUT2D eigenvalue weighted by molar-refractivity contribution is 5.84. The molecule has 6 nitrogen and oxygen atoms in total. The van der Waals surface area contributed by atoms with Crippen LogP contribution in [0.4, 0.5) is 14.6 Å². The minimum absolute atomic E-state index is 0.0226. The summed E-state index contributed by atoms with van der Waals surface area (Å²) in [6, 6.07) is 8.69. The molecule has 1 aromatic heterocycles. The van der Waals surface area contributed by atoms with E-state index < -0.39 is 11.6 Å². The number of phenolic OH excluding ortho intramolecular Hbond substituents is 1. The van der Waals surface area contributed by atoms with Crippen LogP contribution in [0.15, 0.2) is 36.4 Å². The number of anilines is 1. The van der Waals surface area contributed by atoms with E-state index in [4.69, 9.17) is 0 Å². The molecule has 1 N–H and O–H groups in total. The van der Waals surface area contributed by atoms with Crippen molar-refractivity contribution in [3.8, 4) is 17.0 Å². The van der Waals surface area contributed by atoms with Gasteiger partial charge in [0, 0.05) is 43.2 Å². The number of hydrogen-bond donors (Lipinski definition) is 1. The number of amides is 1. The summed E-state index contributed by atoms with van der Waals surface area (Å²) in [4.78, 5) is 25.8. The molecule has 0 saturated carbocycles. The highest BCUT2D eigenvalue weighted by Crippen LogP contribution is 2.34. The van der Waals surface area contributed by atoms with Crippen molar-refractivity contribution in [1.82, 2.24) is 14.9 Å². The minimum Gasteiger partial charge on any atom is -0.508 e. The Morgan fingerprint density at radius 1 is 1.19 bits per heavy atom. The first kappa shape index (κ1) is 21.9. The topological polar surface area (TPSA) is 69.6 Å². The third kappa shape index (κ3) is 4.09. The van der Waals surface area contributed by atoms with Crippen molar-refractivity contribution in [1.29, 1.82) is 0 Å². The summed E-state index contributed by atoms with van der Waals surface area (Å²) in [7, 11) is 0. The van der Waals surface area contributed by atoms with E-state index in [0.29, 0.717) is 36.7 Å². The van der Waals surface area contributed by atoms with E-state index in [9.17, 15) is 18.7 Å². The van der Waals surface area contributed by atoms with Crippen molar-refractivity contribution in [2.75, 3.05) is 24.5 Å². The van der Waals surface area contributed by atoms with Crippen LogP contribution in [0.25, 0.3) is 22.3 Å². The van der Waals surface area contributed by atoms with Crippen LogP contribution in [0.2, 0.25) is 0 Å². The van der Waals surface area contributed by atoms with Gasteiger partial charge in [-0.15, -0.1) is 0 Å². The van der Waals surface area contributed by atoms with Crippen LogP contribution in [0.5, 0.6) is 5.75 Å². The van der Waals surface area contributed by atoms with E-state index in [2.05, 4.69) is 9.97 Å². The van der Waals surface area contributed by atoms with Gasteiger partial charge < -0.3 is 14.9 Å². The summed E-state index contributed by atoms with van der Waals surface area (Å²) in [5.74, 6) is -1.38. The van der Waals surface area contributed by atoms with E-state index in [1.165, 1.54) is 0 Å². The van der Waals surface area contributed by atoms with Crippen molar-refractivity contribution in [2.45, 2.75) is 33.2 Å². The molecule has 4 rings (SSSR count). The molecule has 0 spiro atoms. The van der Waals surface area contributed by atoms with Crippen molar-refractivity contribution in [3.05, 3.63) is 48.0 Å². The maximum Gasteiger partial charge on any atom is 0.225 e. The summed E-state index contributed by atoms with van der Waals surface area (Å²) in [6.07, 6.45) is 0.767. The molecule has 3 aromatic rings. The number of phenols is 1. The summed E-state index contributed by atoms with van der Waals surface area (Å²) in [5, 5.41) is 9.97. The lowest BCUT2D eigenvalue weighted by molar-refractivity contribution is -0.136. The number of fused-ring (bicyclic) bond motifs is 1. The predicted molar refractivity (Wildman–Crippen MR) is 119 cm³/mol. The van der Waals surface area contributed by atoms with Gasteiger partial charge in [-0.05, 0) is 25.5 Å². The molecule has 0 radical (unpaired) electrons. The van der Waals surface area contributed by atoms with Gasteiger partial charge >= 0.3 is 0 Å². The first-order chi connectivity index (χ1) is 15.3. The molecule has 1 atom stereocenters. The quantitative estimate of drug-likeness (QED) is 0.638. The van der Waals surface area contributed by atoms with Crippen molar-refractivity contribution < 1.29 is 18.7 Å². The number of carbonyl (C=O) groups excluding carboxylic acids is 1. The Morgan fingerprint density at radius 2 is 1.88 bits per heavy atom. The van der Waals surface area contributed by atoms with Crippen LogP contribution in [0.1, 0.15) is 27.2 Å². The number of halogens is 2. The standard InChI is InChI=1S/C24H26F2N4O2/c1-4-30(24(32)14(2)3)16-8-9-29(13-16)23-22(15-6-5-7-17(31)10-15)27-20-11-18(25)19(26)12-21(20)28-23/h5-7,10-12,14,16,31H,4,8-9,13H2,1-3H3/t16-/m0/s1. The summed E-state index contributed by atoms with van der Waals surface area (Å²) in [6.45, 7) is 7.56. The first-order valence-corrected chi connectivity index (χ1v) is 10.8. The second kappa shape index (κ2) is 8.68. The number of hydrogen-bond acceptors (Lipinski definition) is 5. The van der Waals surface area contributed by atoms with Crippen LogP contribution >= 0.6 is 0 Å². The number of benzene rings is 2. The Kier molecular flexibility index (Phi) is 5.95. The van der Waals surface area contributed by atoms with Crippen molar-refractivity contribution in [3.63, 3.8) is 0 Å². The SMILES string of the molecule is CCN(C(=O)C(C)C)[C@H]1CCN(c2nc3cc(F)c(F)cc3nc2-c2cccc(O)c2)C1. The molecule has 1 aliphatic heterocycles. The minimum atomic E-state index is -0.992. The Hall–Kier alpha value is -3.29. The Labute approximate surface area is 185 Å². The van der Waals surface area contributed by atoms with E-state index in [-0.39, 0.29) is 34.6 Å². The van der Waals surface area contributed by atoms with Gasteiger partial charge in [-0.25, -0.2) is 18.7 Å². The average Bonchev–Trinajstić information content (AvgIpc) is 3.24. The van der Waals surface area contributed by atoms with Crippen LogP contribution in [0.3, 0.4) is 0 Å². The molecule has 1 aliphatic rings. The lowest BCUT2D eigenvalue weighted by atomic mass is 10.1. The van der Waals surface area contributed by atoms with E-state index in [1.807, 2.05) is 30.6 Å². The summed E-state index contributed by atoms with van der Waals surface area (Å²) >= 11 is 0. The van der Waals surface area contributed by atoms with Gasteiger partial charge in [0.05, 0.1) is 17.1 Å². The van der Waals surface area contributed by atoms with Crippen LogP contribution < -0.4 is 4.90 Å². The molecule has 2 heterocycles. The monoisotopic (exact) mass is 440 g/mol. The lowest BCUT2D eigenvalue weighted by Crippen LogP contribution is -2.43. The first-order valence-electron chi connectivity index (χ1n) is 10.8. The van der Waals surface area contributed by atoms with Gasteiger partial charge in [-0.1, -0.05) is 26.0 Å². The van der Waals surface area contributed by atoms with Gasteiger partial charge in [0.1, 0.15) is 11.4 Å². The number of likely N-dealkylation sites (N-methyl/N-ethyl adjacent to an activating group) is 1. The van der Waals surface area contributed by atoms with Gasteiger partial charge in [-0.3, -0.25) is 4.79 Å². The third-order valence-corrected chi connectivity index (χ3v) is 5.83. The molecule has 0 unspecified atom stereocenters. The largest absolute Gasteiger partial charge is 0.508 e. The fraction of sp³-hybridized carbons (Fsp3) is 0.375. The van der Waals surface area contributed by atoms with Crippen LogP contribution in [-0.4, -0.2) is 51.6 Å². The van der Waals surface area contributed by atoms with E-state index >= 15 is 0 Å². The molecule has 1 saturated heterocycles. The molecule has 32 heavy (non-hydrogen) atoms. The zero-order valence-corrected chi connectivity index (χ0v) is 18.3. The highest BCUT2D eigenvalue weighted by Gasteiger charge is 2.33. The average molecular weight is 440 g/mol. The van der Waals surface area contributed by atoms with Gasteiger partial charge in [-0.2, -0.15) is 0 Å². The second-order valence-corrected chi connectivity index (χ2v) is 8.37. The van der Waals surface area contributed by atoms with Crippen LogP contribution in [-0.2, 0) is 4.79 Å². The molecule has 0 aliphatic carbocycles. The fourth-order valence-electron chi connectivity index (χ4n) is 4.22. The molecule has 0 bridgehead atoms. The van der Waals surface area contributed by atoms with Gasteiger partial charge in [0.15, 0.2) is 17.5 Å². The predicted octanol–water partition coefficient (Wildman–Crippen LogP) is 4.36. The molecule has 2 aromatic carbocycles. The Morgan fingerprint density at radius 3 is 2.50 bits per heavy atom. The molecular formula is C24H26F2N4O2. The number of nitrogens with zero attached hydrogens (tertiary/aromatic N) is 4. The fourth-order valence-corrected chi connectivity index (χ4v) is 4.22. The Balaban J connectivity index is 1.78. The second-order valence-electron chi connectivity index (χ2n) is 8.37. The normalized spacial score (nSPS) is 16.2. The lowest BCUT2D eigenvalue weighted by Gasteiger charge is -2.30.